The molecule has 126 valence electrons. The van der Waals surface area contributed by atoms with E-state index in [1.165, 1.54) is 16.7 Å². The highest BCUT2D eigenvalue weighted by atomic mass is 35.5. The first kappa shape index (κ1) is 16.2. The number of aromatic nitrogens is 2. The fraction of sp³-hybridized carbons (Fsp3) is 0.167. The fourth-order valence-electron chi connectivity index (χ4n) is 2.85. The topological polar surface area (TPSA) is 66.1 Å². The van der Waals surface area contributed by atoms with Crippen LogP contribution in [0.1, 0.15) is 12.2 Å². The number of imidazole rings is 1. The SMILES string of the molecule is O=C1C[C@@H](SCc2nc3ccccc3[nH]2)C(=O)N1c1ccc(Cl)cc1. The number of halogens is 1. The second kappa shape index (κ2) is 6.54. The van der Waals surface area contributed by atoms with Gasteiger partial charge in [0, 0.05) is 11.4 Å². The van der Waals surface area contributed by atoms with Crippen LogP contribution in [0.15, 0.2) is 48.5 Å². The minimum absolute atomic E-state index is 0.186. The number of nitrogens with one attached hydrogen (secondary N) is 1. The average molecular weight is 372 g/mol. The first-order valence-corrected chi connectivity index (χ1v) is 9.22. The molecule has 2 heterocycles. The van der Waals surface area contributed by atoms with Crippen LogP contribution >= 0.6 is 23.4 Å². The van der Waals surface area contributed by atoms with E-state index in [-0.39, 0.29) is 18.2 Å². The number of H-pyrrole nitrogens is 1. The molecule has 3 aromatic rings. The maximum Gasteiger partial charge on any atom is 0.247 e. The molecule has 0 radical (unpaired) electrons. The molecular weight excluding hydrogens is 358 g/mol. The number of hydrogen-bond donors (Lipinski definition) is 1. The second-order valence-corrected chi connectivity index (χ2v) is 7.38. The third-order valence-corrected chi connectivity index (χ3v) is 5.51. The highest BCUT2D eigenvalue weighted by Gasteiger charge is 2.39. The Labute approximate surface area is 153 Å². The molecule has 1 N–H and O–H groups in total. The third-order valence-electron chi connectivity index (χ3n) is 4.05. The summed E-state index contributed by atoms with van der Waals surface area (Å²) in [5, 5.41) is 0.176. The number of rotatable bonds is 4. The zero-order valence-corrected chi connectivity index (χ0v) is 14.7. The number of thioether (sulfide) groups is 1. The third kappa shape index (κ3) is 3.15. The second-order valence-electron chi connectivity index (χ2n) is 5.75. The van der Waals surface area contributed by atoms with E-state index < -0.39 is 5.25 Å². The van der Waals surface area contributed by atoms with Crippen LogP contribution in [0.5, 0.6) is 0 Å². The molecular formula is C18H14ClN3O2S. The molecule has 0 spiro atoms. The first-order valence-electron chi connectivity index (χ1n) is 7.79. The fourth-order valence-corrected chi connectivity index (χ4v) is 3.98. The molecule has 5 nitrogen and oxygen atoms in total. The predicted molar refractivity (Wildman–Crippen MR) is 99.7 cm³/mol. The summed E-state index contributed by atoms with van der Waals surface area (Å²) in [6.45, 7) is 0. The Hall–Kier alpha value is -2.31. The summed E-state index contributed by atoms with van der Waals surface area (Å²) >= 11 is 7.30. The summed E-state index contributed by atoms with van der Waals surface area (Å²) < 4.78 is 0. The van der Waals surface area contributed by atoms with E-state index in [2.05, 4.69) is 9.97 Å². The summed E-state index contributed by atoms with van der Waals surface area (Å²) in [7, 11) is 0. The van der Waals surface area contributed by atoms with Crippen LogP contribution in [0, 0.1) is 0 Å². The summed E-state index contributed by atoms with van der Waals surface area (Å²) in [5.41, 5.74) is 2.43. The molecule has 2 amide bonds. The van der Waals surface area contributed by atoms with Gasteiger partial charge in [0.1, 0.15) is 5.82 Å². The van der Waals surface area contributed by atoms with Gasteiger partial charge in [0.25, 0.3) is 0 Å². The maximum absolute atomic E-state index is 12.6. The summed E-state index contributed by atoms with van der Waals surface area (Å²) in [6, 6.07) is 14.5. The molecule has 0 saturated carbocycles. The number of anilines is 1. The van der Waals surface area contributed by atoms with Crippen LogP contribution in [-0.4, -0.2) is 27.0 Å². The Morgan fingerprint density at radius 1 is 1.16 bits per heavy atom. The predicted octanol–water partition coefficient (Wildman–Crippen LogP) is 3.78. The number of amides is 2. The maximum atomic E-state index is 12.6. The summed E-state index contributed by atoms with van der Waals surface area (Å²) in [4.78, 5) is 33.9. The van der Waals surface area contributed by atoms with Crippen LogP contribution in [-0.2, 0) is 15.3 Å². The van der Waals surface area contributed by atoms with E-state index in [0.717, 1.165) is 16.9 Å². The number of carbonyl (C=O) groups excluding carboxylic acids is 2. The number of aromatic amines is 1. The number of imide groups is 1. The van der Waals surface area contributed by atoms with Crippen molar-refractivity contribution >= 4 is 51.9 Å². The lowest BCUT2D eigenvalue weighted by atomic mass is 10.3. The van der Waals surface area contributed by atoms with Crippen LogP contribution in [0.25, 0.3) is 11.0 Å². The quantitative estimate of drug-likeness (QED) is 0.709. The Bertz CT molecular complexity index is 921. The highest BCUT2D eigenvalue weighted by Crippen LogP contribution is 2.31. The molecule has 1 atom stereocenters. The molecule has 25 heavy (non-hydrogen) atoms. The van der Waals surface area contributed by atoms with Crippen molar-refractivity contribution in [3.63, 3.8) is 0 Å². The van der Waals surface area contributed by atoms with Gasteiger partial charge in [-0.2, -0.15) is 0 Å². The molecule has 2 aromatic carbocycles. The molecule has 0 bridgehead atoms. The van der Waals surface area contributed by atoms with E-state index in [9.17, 15) is 9.59 Å². The molecule has 0 unspecified atom stereocenters. The van der Waals surface area contributed by atoms with Crippen LogP contribution in [0.4, 0.5) is 5.69 Å². The van der Waals surface area contributed by atoms with Crippen molar-refractivity contribution in [1.29, 1.82) is 0 Å². The molecule has 1 aliphatic heterocycles. The molecule has 1 aliphatic rings. The smallest absolute Gasteiger partial charge is 0.247 e. The molecule has 1 saturated heterocycles. The van der Waals surface area contributed by atoms with Crippen molar-refractivity contribution in [2.45, 2.75) is 17.4 Å². The van der Waals surface area contributed by atoms with E-state index in [0.29, 0.717) is 16.5 Å². The summed E-state index contributed by atoms with van der Waals surface area (Å²) in [5.74, 6) is 0.978. The normalized spacial score (nSPS) is 17.6. The van der Waals surface area contributed by atoms with Crippen molar-refractivity contribution in [2.75, 3.05) is 4.90 Å². The van der Waals surface area contributed by atoms with Crippen molar-refractivity contribution in [1.82, 2.24) is 9.97 Å². The van der Waals surface area contributed by atoms with Crippen molar-refractivity contribution in [2.24, 2.45) is 0 Å². The molecule has 1 aromatic heterocycles. The number of hydrogen-bond acceptors (Lipinski definition) is 4. The van der Waals surface area contributed by atoms with E-state index in [1.54, 1.807) is 24.3 Å². The Kier molecular flexibility index (Phi) is 4.23. The van der Waals surface area contributed by atoms with Gasteiger partial charge in [-0.25, -0.2) is 9.88 Å². The van der Waals surface area contributed by atoms with Gasteiger partial charge >= 0.3 is 0 Å². The molecule has 7 heteroatoms. The number of carbonyl (C=O) groups is 2. The van der Waals surface area contributed by atoms with E-state index in [4.69, 9.17) is 11.6 Å². The zero-order valence-electron chi connectivity index (χ0n) is 13.1. The minimum atomic E-state index is -0.392. The largest absolute Gasteiger partial charge is 0.341 e. The molecule has 1 fully saturated rings. The molecule has 0 aliphatic carbocycles. The van der Waals surface area contributed by atoms with Crippen LogP contribution in [0.2, 0.25) is 5.02 Å². The lowest BCUT2D eigenvalue weighted by Gasteiger charge is -2.14. The van der Waals surface area contributed by atoms with Gasteiger partial charge in [-0.1, -0.05) is 23.7 Å². The van der Waals surface area contributed by atoms with Gasteiger partial charge in [-0.15, -0.1) is 11.8 Å². The average Bonchev–Trinajstić information content (AvgIpc) is 3.14. The van der Waals surface area contributed by atoms with Crippen molar-refractivity contribution in [3.8, 4) is 0 Å². The van der Waals surface area contributed by atoms with Crippen molar-refractivity contribution < 1.29 is 9.59 Å². The monoisotopic (exact) mass is 371 g/mol. The number of benzene rings is 2. The Morgan fingerprint density at radius 2 is 1.92 bits per heavy atom. The van der Waals surface area contributed by atoms with Gasteiger partial charge in [0.05, 0.1) is 27.7 Å². The number of nitrogens with zero attached hydrogens (tertiary/aromatic N) is 2. The Balaban J connectivity index is 1.47. The highest BCUT2D eigenvalue weighted by molar-refractivity contribution is 7.99. The van der Waals surface area contributed by atoms with Gasteiger partial charge in [-0.05, 0) is 36.4 Å². The van der Waals surface area contributed by atoms with E-state index >= 15 is 0 Å². The summed E-state index contributed by atoms with van der Waals surface area (Å²) in [6.07, 6.45) is 0.201. The number of para-hydroxylation sites is 2. The van der Waals surface area contributed by atoms with Gasteiger partial charge in [-0.3, -0.25) is 9.59 Å². The molecule has 4 rings (SSSR count). The lowest BCUT2D eigenvalue weighted by Crippen LogP contribution is -2.31. The van der Waals surface area contributed by atoms with Crippen molar-refractivity contribution in [3.05, 3.63) is 59.4 Å². The van der Waals surface area contributed by atoms with E-state index in [1.807, 2.05) is 24.3 Å². The van der Waals surface area contributed by atoms with Gasteiger partial charge in [0.15, 0.2) is 0 Å². The van der Waals surface area contributed by atoms with Gasteiger partial charge in [0.2, 0.25) is 11.8 Å². The first-order chi connectivity index (χ1) is 12.1. The lowest BCUT2D eigenvalue weighted by molar-refractivity contribution is -0.121. The minimum Gasteiger partial charge on any atom is -0.341 e. The van der Waals surface area contributed by atoms with Crippen LogP contribution < -0.4 is 4.90 Å². The van der Waals surface area contributed by atoms with Crippen LogP contribution in [0.3, 0.4) is 0 Å². The Morgan fingerprint density at radius 3 is 2.68 bits per heavy atom. The standard InChI is InChI=1S/C18H14ClN3O2S/c19-11-5-7-12(8-6-11)22-17(23)9-15(18(22)24)25-10-16-20-13-3-1-2-4-14(13)21-16/h1-8,15H,9-10H2,(H,20,21)/t15-/m1/s1. The van der Waals surface area contributed by atoms with Gasteiger partial charge < -0.3 is 4.98 Å². The zero-order chi connectivity index (χ0) is 17.4. The number of fused-ring (bicyclic) bond motifs is 1.